The van der Waals surface area contributed by atoms with Crippen molar-refractivity contribution >= 4 is 18.3 Å². The average Bonchev–Trinajstić information content (AvgIpc) is 2.04. The summed E-state index contributed by atoms with van der Waals surface area (Å²) in [6.45, 7) is 0. The first kappa shape index (κ1) is 10.4. The minimum atomic E-state index is -0.178. The van der Waals surface area contributed by atoms with Gasteiger partial charge in [0.05, 0.1) is 0 Å². The molecule has 0 aromatic heterocycles. The molecule has 1 nitrogen and oxygen atoms in total. The van der Waals surface area contributed by atoms with E-state index in [4.69, 9.17) is 0 Å². The van der Waals surface area contributed by atoms with E-state index in [1.165, 1.54) is 6.07 Å². The standard InChI is InChI=1S/C10H14FNS/c1-12(2)10-4-3-9(11)7-8(10)5-6-13/h3-4,7,13H,5-6H2,1-2H3. The lowest BCUT2D eigenvalue weighted by Gasteiger charge is -2.16. The Labute approximate surface area is 84.0 Å². The van der Waals surface area contributed by atoms with Crippen molar-refractivity contribution in [3.8, 4) is 0 Å². The fourth-order valence-electron chi connectivity index (χ4n) is 1.31. The molecule has 0 fully saturated rings. The van der Waals surface area contributed by atoms with Crippen molar-refractivity contribution in [1.82, 2.24) is 0 Å². The molecule has 0 spiro atoms. The van der Waals surface area contributed by atoms with Crippen LogP contribution in [0.15, 0.2) is 18.2 Å². The van der Waals surface area contributed by atoms with Crippen molar-refractivity contribution in [2.75, 3.05) is 24.7 Å². The van der Waals surface area contributed by atoms with Crippen LogP contribution >= 0.6 is 12.6 Å². The quantitative estimate of drug-likeness (QED) is 0.731. The Morgan fingerprint density at radius 1 is 1.38 bits per heavy atom. The highest BCUT2D eigenvalue weighted by Gasteiger charge is 2.04. The van der Waals surface area contributed by atoms with Crippen LogP contribution < -0.4 is 4.90 Å². The molecule has 0 bridgehead atoms. The van der Waals surface area contributed by atoms with Crippen molar-refractivity contribution in [3.05, 3.63) is 29.6 Å². The Balaban J connectivity index is 3.03. The van der Waals surface area contributed by atoms with Crippen LogP contribution in [-0.4, -0.2) is 19.8 Å². The largest absolute Gasteiger partial charge is 0.377 e. The number of anilines is 1. The molecule has 0 aliphatic rings. The van der Waals surface area contributed by atoms with Gasteiger partial charge in [0.15, 0.2) is 0 Å². The summed E-state index contributed by atoms with van der Waals surface area (Å²) in [6.07, 6.45) is 0.800. The number of nitrogens with zero attached hydrogens (tertiary/aromatic N) is 1. The predicted molar refractivity (Wildman–Crippen MR) is 58.3 cm³/mol. The molecule has 0 aliphatic heterocycles. The molecule has 0 unspecified atom stereocenters. The molecule has 3 heteroatoms. The molecule has 0 N–H and O–H groups in total. The zero-order valence-corrected chi connectivity index (χ0v) is 8.81. The number of hydrogen-bond donors (Lipinski definition) is 1. The van der Waals surface area contributed by atoms with Crippen molar-refractivity contribution in [3.63, 3.8) is 0 Å². The highest BCUT2D eigenvalue weighted by atomic mass is 32.1. The van der Waals surface area contributed by atoms with Crippen LogP contribution in [0.25, 0.3) is 0 Å². The Morgan fingerprint density at radius 3 is 2.62 bits per heavy atom. The molecule has 1 aromatic rings. The first-order valence-electron chi connectivity index (χ1n) is 4.21. The molecule has 13 heavy (non-hydrogen) atoms. The highest BCUT2D eigenvalue weighted by molar-refractivity contribution is 7.80. The summed E-state index contributed by atoms with van der Waals surface area (Å²) in [6, 6.07) is 4.86. The van der Waals surface area contributed by atoms with E-state index in [0.29, 0.717) is 0 Å². The Kier molecular flexibility index (Phi) is 3.60. The van der Waals surface area contributed by atoms with Crippen molar-refractivity contribution < 1.29 is 4.39 Å². The van der Waals surface area contributed by atoms with Gasteiger partial charge in [0.1, 0.15) is 5.82 Å². The smallest absolute Gasteiger partial charge is 0.123 e. The normalized spacial score (nSPS) is 10.2. The van der Waals surface area contributed by atoms with Gasteiger partial charge in [-0.05, 0) is 35.9 Å². The maximum Gasteiger partial charge on any atom is 0.123 e. The van der Waals surface area contributed by atoms with Gasteiger partial charge >= 0.3 is 0 Å². The number of aryl methyl sites for hydroxylation is 1. The number of rotatable bonds is 3. The van der Waals surface area contributed by atoms with Gasteiger partial charge < -0.3 is 4.90 Å². The molecule has 0 saturated carbocycles. The summed E-state index contributed by atoms with van der Waals surface area (Å²) in [5.41, 5.74) is 2.08. The maximum atomic E-state index is 12.9. The molecular weight excluding hydrogens is 185 g/mol. The second-order valence-electron chi connectivity index (χ2n) is 3.14. The van der Waals surface area contributed by atoms with Crippen LogP contribution in [0.4, 0.5) is 10.1 Å². The van der Waals surface area contributed by atoms with Crippen LogP contribution in [0.1, 0.15) is 5.56 Å². The minimum Gasteiger partial charge on any atom is -0.377 e. The SMILES string of the molecule is CN(C)c1ccc(F)cc1CCS. The number of benzene rings is 1. The van der Waals surface area contributed by atoms with Crippen LogP contribution in [-0.2, 0) is 6.42 Å². The zero-order chi connectivity index (χ0) is 9.84. The lowest BCUT2D eigenvalue weighted by Crippen LogP contribution is -2.11. The van der Waals surface area contributed by atoms with Crippen LogP contribution in [0.2, 0.25) is 0 Å². The zero-order valence-electron chi connectivity index (χ0n) is 7.92. The van der Waals surface area contributed by atoms with Gasteiger partial charge in [-0.25, -0.2) is 4.39 Å². The molecule has 0 saturated heterocycles. The predicted octanol–water partition coefficient (Wildman–Crippen LogP) is 2.36. The van der Waals surface area contributed by atoms with Gasteiger partial charge in [-0.1, -0.05) is 0 Å². The summed E-state index contributed by atoms with van der Waals surface area (Å²) < 4.78 is 12.9. The summed E-state index contributed by atoms with van der Waals surface area (Å²) in [7, 11) is 3.91. The molecule has 1 rings (SSSR count). The van der Waals surface area contributed by atoms with Crippen LogP contribution in [0, 0.1) is 5.82 Å². The molecule has 0 heterocycles. The van der Waals surface area contributed by atoms with Gasteiger partial charge in [-0.2, -0.15) is 12.6 Å². The van der Waals surface area contributed by atoms with E-state index in [2.05, 4.69) is 12.6 Å². The topological polar surface area (TPSA) is 3.24 Å². The van der Waals surface area contributed by atoms with Gasteiger partial charge in [0.2, 0.25) is 0 Å². The third-order valence-corrected chi connectivity index (χ3v) is 2.13. The van der Waals surface area contributed by atoms with Crippen molar-refractivity contribution in [2.24, 2.45) is 0 Å². The fourth-order valence-corrected chi connectivity index (χ4v) is 1.55. The third-order valence-electron chi connectivity index (χ3n) is 1.90. The third kappa shape index (κ3) is 2.62. The molecule has 1 aromatic carbocycles. The van der Waals surface area contributed by atoms with Gasteiger partial charge in [-0.15, -0.1) is 0 Å². The summed E-state index contributed by atoms with van der Waals surface area (Å²) in [5, 5.41) is 0. The lowest BCUT2D eigenvalue weighted by atomic mass is 10.1. The number of hydrogen-bond acceptors (Lipinski definition) is 2. The van der Waals surface area contributed by atoms with E-state index in [1.54, 1.807) is 12.1 Å². The average molecular weight is 199 g/mol. The number of halogens is 1. The van der Waals surface area contributed by atoms with Crippen LogP contribution in [0.5, 0.6) is 0 Å². The molecule has 0 aliphatic carbocycles. The van der Waals surface area contributed by atoms with Crippen molar-refractivity contribution in [1.29, 1.82) is 0 Å². The van der Waals surface area contributed by atoms with Gasteiger partial charge in [0.25, 0.3) is 0 Å². The Bertz CT molecular complexity index is 286. The first-order chi connectivity index (χ1) is 6.15. The maximum absolute atomic E-state index is 12.9. The van der Waals surface area contributed by atoms with E-state index in [-0.39, 0.29) is 5.82 Å². The van der Waals surface area contributed by atoms with Crippen molar-refractivity contribution in [2.45, 2.75) is 6.42 Å². The van der Waals surface area contributed by atoms with E-state index < -0.39 is 0 Å². The number of thiol groups is 1. The monoisotopic (exact) mass is 199 g/mol. The van der Waals surface area contributed by atoms with Crippen LogP contribution in [0.3, 0.4) is 0 Å². The fraction of sp³-hybridized carbons (Fsp3) is 0.400. The molecule has 0 radical (unpaired) electrons. The second-order valence-corrected chi connectivity index (χ2v) is 3.59. The summed E-state index contributed by atoms with van der Waals surface area (Å²) in [4.78, 5) is 1.98. The molecular formula is C10H14FNS. The summed E-state index contributed by atoms with van der Waals surface area (Å²) in [5.74, 6) is 0.562. The highest BCUT2D eigenvalue weighted by Crippen LogP contribution is 2.20. The minimum absolute atomic E-state index is 0.178. The van der Waals surface area contributed by atoms with E-state index in [9.17, 15) is 4.39 Å². The first-order valence-corrected chi connectivity index (χ1v) is 4.85. The Hall–Kier alpha value is -0.700. The molecule has 0 atom stereocenters. The van der Waals surface area contributed by atoms with E-state index >= 15 is 0 Å². The summed E-state index contributed by atoms with van der Waals surface area (Å²) >= 11 is 4.14. The molecule has 0 amide bonds. The Morgan fingerprint density at radius 2 is 2.08 bits per heavy atom. The van der Waals surface area contributed by atoms with Gasteiger partial charge in [-0.3, -0.25) is 0 Å². The van der Waals surface area contributed by atoms with E-state index in [0.717, 1.165) is 23.4 Å². The van der Waals surface area contributed by atoms with Gasteiger partial charge in [0, 0.05) is 19.8 Å². The molecule has 72 valence electrons. The van der Waals surface area contributed by atoms with E-state index in [1.807, 2.05) is 19.0 Å². The second kappa shape index (κ2) is 4.51. The lowest BCUT2D eigenvalue weighted by molar-refractivity contribution is 0.625.